The fraction of sp³-hybridized carbons (Fsp3) is 0.467. The highest BCUT2D eigenvalue weighted by Gasteiger charge is 2.12. The smallest absolute Gasteiger partial charge is 0.227 e. The van der Waals surface area contributed by atoms with E-state index in [1.54, 1.807) is 24.3 Å². The second kappa shape index (κ2) is 7.56. The van der Waals surface area contributed by atoms with Crippen LogP contribution in [0.5, 0.6) is 0 Å². The molecule has 0 aliphatic carbocycles. The molecule has 19 heavy (non-hydrogen) atoms. The van der Waals surface area contributed by atoms with Crippen LogP contribution in [0.25, 0.3) is 0 Å². The number of rotatable bonds is 7. The first-order chi connectivity index (χ1) is 9.04. The number of carbonyl (C=O) groups is 1. The molecule has 0 aromatic heterocycles. The topological polar surface area (TPSA) is 79.0 Å². The van der Waals surface area contributed by atoms with Crippen LogP contribution in [0.4, 0.5) is 5.69 Å². The summed E-state index contributed by atoms with van der Waals surface area (Å²) in [5.74, 6) is 0.108. The summed E-state index contributed by atoms with van der Waals surface area (Å²) in [6.07, 6.45) is 4.35. The molecule has 0 unspecified atom stereocenters. The first-order valence-electron chi connectivity index (χ1n) is 6.80. The van der Waals surface area contributed by atoms with Crippen LogP contribution < -0.4 is 11.1 Å². The molecule has 0 saturated carbocycles. The van der Waals surface area contributed by atoms with Gasteiger partial charge in [0, 0.05) is 17.2 Å². The molecule has 4 N–H and O–H groups in total. The third kappa shape index (κ3) is 5.12. The van der Waals surface area contributed by atoms with Crippen LogP contribution in [0.2, 0.25) is 0 Å². The molecule has 0 heterocycles. The van der Waals surface area contributed by atoms with Crippen molar-refractivity contribution in [3.63, 3.8) is 0 Å². The van der Waals surface area contributed by atoms with Gasteiger partial charge in [-0.05, 0) is 30.7 Å². The Kier molecular flexibility index (Phi) is 6.06. The maximum Gasteiger partial charge on any atom is 0.227 e. The summed E-state index contributed by atoms with van der Waals surface area (Å²) in [5.41, 5.74) is 6.79. The molecule has 0 aliphatic heterocycles. The first-order valence-corrected chi connectivity index (χ1v) is 6.80. The lowest BCUT2D eigenvalue weighted by Crippen LogP contribution is -2.20. The zero-order valence-electron chi connectivity index (χ0n) is 11.7. The van der Waals surface area contributed by atoms with Crippen molar-refractivity contribution in [1.82, 2.24) is 0 Å². The van der Waals surface area contributed by atoms with Gasteiger partial charge in [0.05, 0.1) is 0 Å². The number of anilines is 1. The van der Waals surface area contributed by atoms with Gasteiger partial charge < -0.3 is 11.1 Å². The average Bonchev–Trinajstić information content (AvgIpc) is 2.39. The highest BCUT2D eigenvalue weighted by Crippen LogP contribution is 2.14. The van der Waals surface area contributed by atoms with Gasteiger partial charge in [-0.2, -0.15) is 0 Å². The largest absolute Gasteiger partial charge is 0.384 e. The van der Waals surface area contributed by atoms with E-state index >= 15 is 0 Å². The summed E-state index contributed by atoms with van der Waals surface area (Å²) < 4.78 is 0. The van der Waals surface area contributed by atoms with E-state index in [0.717, 1.165) is 18.5 Å². The van der Waals surface area contributed by atoms with E-state index in [-0.39, 0.29) is 17.7 Å². The Bertz CT molecular complexity index is 426. The summed E-state index contributed by atoms with van der Waals surface area (Å²) in [6.45, 7) is 4.11. The molecule has 0 fully saturated rings. The number of amides is 1. The van der Waals surface area contributed by atoms with Gasteiger partial charge >= 0.3 is 0 Å². The summed E-state index contributed by atoms with van der Waals surface area (Å²) in [5, 5.41) is 10.2. The van der Waals surface area contributed by atoms with Gasteiger partial charge in [0.2, 0.25) is 5.91 Å². The Morgan fingerprint density at radius 3 is 2.47 bits per heavy atom. The number of hydrogen-bond donors (Lipinski definition) is 3. The summed E-state index contributed by atoms with van der Waals surface area (Å²) in [6, 6.07) is 7.01. The minimum atomic E-state index is 0.0269. The average molecular weight is 261 g/mol. The maximum absolute atomic E-state index is 11.9. The molecule has 1 rings (SSSR count). The molecular weight excluding hydrogens is 238 g/mol. The highest BCUT2D eigenvalue weighted by molar-refractivity contribution is 5.96. The number of hydrogen-bond acceptors (Lipinski definition) is 2. The van der Waals surface area contributed by atoms with Crippen LogP contribution in [0.1, 0.15) is 45.1 Å². The van der Waals surface area contributed by atoms with E-state index in [1.165, 1.54) is 12.8 Å². The van der Waals surface area contributed by atoms with Crippen molar-refractivity contribution in [1.29, 1.82) is 5.41 Å². The van der Waals surface area contributed by atoms with E-state index in [4.69, 9.17) is 11.1 Å². The number of nitrogen functional groups attached to an aromatic ring is 1. The second-order valence-corrected chi connectivity index (χ2v) is 4.88. The zero-order chi connectivity index (χ0) is 14.3. The third-order valence-electron chi connectivity index (χ3n) is 3.15. The van der Waals surface area contributed by atoms with E-state index in [1.807, 2.05) is 6.92 Å². The monoisotopic (exact) mass is 261 g/mol. The van der Waals surface area contributed by atoms with Gasteiger partial charge in [-0.25, -0.2) is 0 Å². The van der Waals surface area contributed by atoms with Gasteiger partial charge in [-0.15, -0.1) is 0 Å². The highest BCUT2D eigenvalue weighted by atomic mass is 16.1. The minimum absolute atomic E-state index is 0.0269. The van der Waals surface area contributed by atoms with Crippen molar-refractivity contribution in [2.75, 3.05) is 5.32 Å². The number of nitrogens with one attached hydrogen (secondary N) is 2. The van der Waals surface area contributed by atoms with Gasteiger partial charge in [-0.1, -0.05) is 33.1 Å². The molecule has 1 aromatic carbocycles. The van der Waals surface area contributed by atoms with Crippen molar-refractivity contribution < 1.29 is 4.79 Å². The summed E-state index contributed by atoms with van der Waals surface area (Å²) >= 11 is 0. The molecule has 4 nitrogen and oxygen atoms in total. The predicted molar refractivity (Wildman–Crippen MR) is 79.4 cm³/mol. The van der Waals surface area contributed by atoms with E-state index < -0.39 is 0 Å². The van der Waals surface area contributed by atoms with Crippen molar-refractivity contribution in [3.05, 3.63) is 29.8 Å². The second-order valence-electron chi connectivity index (χ2n) is 4.88. The Morgan fingerprint density at radius 2 is 1.95 bits per heavy atom. The molecule has 0 bridgehead atoms. The van der Waals surface area contributed by atoms with Crippen LogP contribution in [0.3, 0.4) is 0 Å². The maximum atomic E-state index is 11.9. The zero-order valence-corrected chi connectivity index (χ0v) is 11.7. The van der Waals surface area contributed by atoms with Gasteiger partial charge in [0.15, 0.2) is 0 Å². The lowest BCUT2D eigenvalue weighted by atomic mass is 10.0. The van der Waals surface area contributed by atoms with E-state index in [9.17, 15) is 4.79 Å². The molecule has 4 heteroatoms. The van der Waals surface area contributed by atoms with Gasteiger partial charge in [0.1, 0.15) is 5.84 Å². The van der Waals surface area contributed by atoms with E-state index in [0.29, 0.717) is 5.56 Å². The minimum Gasteiger partial charge on any atom is -0.384 e. The Labute approximate surface area is 114 Å². The molecule has 1 amide bonds. The Hall–Kier alpha value is -1.84. The quantitative estimate of drug-likeness (QED) is 0.400. The fourth-order valence-corrected chi connectivity index (χ4v) is 1.83. The fourth-order valence-electron chi connectivity index (χ4n) is 1.83. The van der Waals surface area contributed by atoms with Crippen LogP contribution >= 0.6 is 0 Å². The summed E-state index contributed by atoms with van der Waals surface area (Å²) in [4.78, 5) is 11.9. The molecule has 1 aromatic rings. The standard InChI is InChI=1S/C15H23N3O/c1-3-4-5-6-11(2)15(19)18-13-9-7-12(8-10-13)14(16)17/h7-11H,3-6H2,1-2H3,(H3,16,17)(H,18,19)/t11-/m0/s1. The third-order valence-corrected chi connectivity index (χ3v) is 3.15. The molecular formula is C15H23N3O. The molecule has 0 saturated heterocycles. The van der Waals surface area contributed by atoms with Crippen molar-refractivity contribution in [3.8, 4) is 0 Å². The van der Waals surface area contributed by atoms with E-state index in [2.05, 4.69) is 12.2 Å². The Morgan fingerprint density at radius 1 is 1.32 bits per heavy atom. The lowest BCUT2D eigenvalue weighted by Gasteiger charge is -2.12. The van der Waals surface area contributed by atoms with Crippen LogP contribution in [0.15, 0.2) is 24.3 Å². The van der Waals surface area contributed by atoms with Crippen molar-refractivity contribution in [2.24, 2.45) is 11.7 Å². The molecule has 0 radical (unpaired) electrons. The normalized spacial score (nSPS) is 11.9. The summed E-state index contributed by atoms with van der Waals surface area (Å²) in [7, 11) is 0. The predicted octanol–water partition coefficient (Wildman–Crippen LogP) is 3.13. The number of unbranched alkanes of at least 4 members (excludes halogenated alkanes) is 2. The van der Waals surface area contributed by atoms with Crippen molar-refractivity contribution in [2.45, 2.75) is 39.5 Å². The van der Waals surface area contributed by atoms with Crippen LogP contribution in [0, 0.1) is 11.3 Å². The number of nitrogens with two attached hydrogens (primary N) is 1. The Balaban J connectivity index is 2.49. The SMILES string of the molecule is CCCCC[C@H](C)C(=O)Nc1ccc(C(=N)N)cc1. The van der Waals surface area contributed by atoms with Crippen molar-refractivity contribution >= 4 is 17.4 Å². The number of amidine groups is 1. The molecule has 104 valence electrons. The lowest BCUT2D eigenvalue weighted by molar-refractivity contribution is -0.119. The first kappa shape index (κ1) is 15.2. The van der Waals surface area contributed by atoms with Crippen LogP contribution in [-0.2, 0) is 4.79 Å². The molecule has 1 atom stereocenters. The van der Waals surface area contributed by atoms with Gasteiger partial charge in [0.25, 0.3) is 0 Å². The molecule has 0 aliphatic rings. The number of benzene rings is 1. The van der Waals surface area contributed by atoms with Gasteiger partial charge in [-0.3, -0.25) is 10.2 Å². The molecule has 0 spiro atoms. The number of carbonyl (C=O) groups excluding carboxylic acids is 1. The van der Waals surface area contributed by atoms with Crippen LogP contribution in [-0.4, -0.2) is 11.7 Å².